The van der Waals surface area contributed by atoms with Crippen LogP contribution in [-0.2, 0) is 9.53 Å². The molecule has 1 N–H and O–H groups in total. The van der Waals surface area contributed by atoms with Gasteiger partial charge in [0, 0.05) is 6.92 Å². The molecule has 2 aromatic rings. The predicted octanol–water partition coefficient (Wildman–Crippen LogP) is 3.91. The van der Waals surface area contributed by atoms with Crippen molar-refractivity contribution < 1.29 is 23.7 Å². The Morgan fingerprint density at radius 1 is 1.07 bits per heavy atom. The highest BCUT2D eigenvalue weighted by Crippen LogP contribution is 2.36. The van der Waals surface area contributed by atoms with Crippen LogP contribution in [-0.4, -0.2) is 45.7 Å². The molecule has 8 heteroatoms. The summed E-state index contributed by atoms with van der Waals surface area (Å²) in [7, 11) is 1.52. The number of hydrazone groups is 1. The summed E-state index contributed by atoms with van der Waals surface area (Å²) < 4.78 is 22.3. The summed E-state index contributed by atoms with van der Waals surface area (Å²) in [6.45, 7) is 7.07. The number of methoxy groups -OCH3 is 1. The van der Waals surface area contributed by atoms with Crippen molar-refractivity contribution in [3.63, 3.8) is 0 Å². The van der Waals surface area contributed by atoms with E-state index in [1.165, 1.54) is 31.4 Å². The minimum atomic E-state index is -0.261. The molecule has 0 atom stereocenters. The Bertz CT molecular complexity index is 886. The van der Waals surface area contributed by atoms with Crippen LogP contribution in [0.4, 0.5) is 0 Å². The van der Waals surface area contributed by atoms with Gasteiger partial charge >= 0.3 is 0 Å². The average molecular weight is 435 g/mol. The molecule has 30 heavy (non-hydrogen) atoms. The molecular weight excluding hydrogens is 408 g/mol. The van der Waals surface area contributed by atoms with Gasteiger partial charge in [0.25, 0.3) is 0 Å². The van der Waals surface area contributed by atoms with Gasteiger partial charge in [-0.2, -0.15) is 5.10 Å². The largest absolute Gasteiger partial charge is 0.493 e. The highest BCUT2D eigenvalue weighted by atomic mass is 35.5. The van der Waals surface area contributed by atoms with Crippen LogP contribution in [0.2, 0.25) is 5.02 Å². The van der Waals surface area contributed by atoms with Crippen LogP contribution in [0.25, 0.3) is 0 Å². The van der Waals surface area contributed by atoms with Gasteiger partial charge < -0.3 is 18.9 Å². The van der Waals surface area contributed by atoms with E-state index in [0.717, 1.165) is 5.75 Å². The number of carbonyl (C=O) groups is 1. The van der Waals surface area contributed by atoms with E-state index >= 15 is 0 Å². The summed E-state index contributed by atoms with van der Waals surface area (Å²) in [4.78, 5) is 10.9. The first kappa shape index (κ1) is 23.5. The van der Waals surface area contributed by atoms with Gasteiger partial charge in [-0.25, -0.2) is 5.43 Å². The van der Waals surface area contributed by atoms with Crippen molar-refractivity contribution in [2.45, 2.75) is 20.8 Å². The van der Waals surface area contributed by atoms with Crippen molar-refractivity contribution in [1.82, 2.24) is 5.43 Å². The lowest BCUT2D eigenvalue weighted by molar-refractivity contribution is -0.118. The number of hydrogen-bond acceptors (Lipinski definition) is 6. The molecule has 0 saturated carbocycles. The van der Waals surface area contributed by atoms with Crippen molar-refractivity contribution >= 4 is 23.7 Å². The third-order valence-corrected chi connectivity index (χ3v) is 4.42. The van der Waals surface area contributed by atoms with Gasteiger partial charge in [-0.3, -0.25) is 4.79 Å². The first-order chi connectivity index (χ1) is 14.4. The second-order valence-corrected chi connectivity index (χ2v) is 6.92. The quantitative estimate of drug-likeness (QED) is 0.329. The Kier molecular flexibility index (Phi) is 9.44. The Morgan fingerprint density at radius 2 is 1.80 bits per heavy atom. The maximum Gasteiger partial charge on any atom is 0.236 e. The number of halogens is 1. The highest BCUT2D eigenvalue weighted by molar-refractivity contribution is 6.32. The lowest BCUT2D eigenvalue weighted by atomic mass is 10.1. The van der Waals surface area contributed by atoms with E-state index in [9.17, 15) is 4.79 Å². The first-order valence-electron chi connectivity index (χ1n) is 9.48. The maximum atomic E-state index is 10.9. The summed E-state index contributed by atoms with van der Waals surface area (Å²) in [5.74, 6) is 1.45. The molecule has 0 unspecified atom stereocenters. The summed E-state index contributed by atoms with van der Waals surface area (Å²) in [5, 5.41) is 4.18. The van der Waals surface area contributed by atoms with Crippen LogP contribution in [0, 0.1) is 13.8 Å². The van der Waals surface area contributed by atoms with E-state index in [-0.39, 0.29) is 5.91 Å². The predicted molar refractivity (Wildman–Crippen MR) is 117 cm³/mol. The number of benzene rings is 2. The van der Waals surface area contributed by atoms with E-state index in [1.54, 1.807) is 12.1 Å². The van der Waals surface area contributed by atoms with Crippen molar-refractivity contribution in [1.29, 1.82) is 0 Å². The zero-order valence-corrected chi connectivity index (χ0v) is 18.4. The van der Waals surface area contributed by atoms with Crippen LogP contribution < -0.4 is 19.6 Å². The summed E-state index contributed by atoms with van der Waals surface area (Å²) in [5.41, 5.74) is 5.42. The minimum absolute atomic E-state index is 0.261. The van der Waals surface area contributed by atoms with Gasteiger partial charge in [-0.15, -0.1) is 0 Å². The van der Waals surface area contributed by atoms with E-state index < -0.39 is 0 Å². The Balaban J connectivity index is 1.76. The van der Waals surface area contributed by atoms with Crippen molar-refractivity contribution in [3.8, 4) is 17.2 Å². The number of hydrogen-bond donors (Lipinski definition) is 1. The molecule has 1 amide bonds. The summed E-state index contributed by atoms with van der Waals surface area (Å²) >= 11 is 6.29. The van der Waals surface area contributed by atoms with Gasteiger partial charge in [0.15, 0.2) is 11.5 Å². The van der Waals surface area contributed by atoms with Crippen LogP contribution in [0.5, 0.6) is 17.2 Å². The molecule has 0 aliphatic rings. The molecule has 2 aromatic carbocycles. The fraction of sp³-hybridized carbons (Fsp3) is 0.364. The van der Waals surface area contributed by atoms with Crippen LogP contribution >= 0.6 is 11.6 Å². The molecule has 0 aliphatic carbocycles. The molecule has 0 spiro atoms. The molecule has 0 radical (unpaired) electrons. The first-order valence-corrected chi connectivity index (χ1v) is 9.86. The second-order valence-electron chi connectivity index (χ2n) is 6.52. The van der Waals surface area contributed by atoms with Crippen LogP contribution in [0.3, 0.4) is 0 Å². The minimum Gasteiger partial charge on any atom is -0.493 e. The fourth-order valence-corrected chi connectivity index (χ4v) is 2.75. The van der Waals surface area contributed by atoms with Gasteiger partial charge in [0.2, 0.25) is 5.91 Å². The molecule has 0 fully saturated rings. The number of nitrogens with one attached hydrogen (secondary N) is 1. The molecule has 2 rings (SSSR count). The Labute approximate surface area is 181 Å². The second kappa shape index (κ2) is 12.0. The molecule has 0 heterocycles. The molecule has 7 nitrogen and oxygen atoms in total. The Hall–Kier alpha value is -2.77. The molecular formula is C22H27ClN2O5. The van der Waals surface area contributed by atoms with E-state index in [4.69, 9.17) is 30.5 Å². The standard InChI is InChI=1S/C22H27ClN2O5/c1-15-5-6-19(11-16(15)2)29-9-7-28-8-10-30-22-20(23)12-18(13-21(22)27-4)14-24-25-17(3)26/h5-6,11-14H,7-10H2,1-4H3,(H,25,26). The van der Waals surface area contributed by atoms with Crippen molar-refractivity contribution in [3.05, 3.63) is 52.0 Å². The zero-order valence-electron chi connectivity index (χ0n) is 17.7. The topological polar surface area (TPSA) is 78.4 Å². The smallest absolute Gasteiger partial charge is 0.236 e. The number of aryl methyl sites for hydroxylation is 2. The molecule has 162 valence electrons. The number of rotatable bonds is 11. The third-order valence-electron chi connectivity index (χ3n) is 4.14. The van der Waals surface area contributed by atoms with Crippen molar-refractivity contribution in [2.24, 2.45) is 5.10 Å². The SMILES string of the molecule is COc1cc(C=NNC(C)=O)cc(Cl)c1OCCOCCOc1ccc(C)c(C)c1. The lowest BCUT2D eigenvalue weighted by Gasteiger charge is -2.13. The number of ether oxygens (including phenoxy) is 4. The van der Waals surface area contributed by atoms with Crippen LogP contribution in [0.1, 0.15) is 23.6 Å². The van der Waals surface area contributed by atoms with Crippen LogP contribution in [0.15, 0.2) is 35.4 Å². The van der Waals surface area contributed by atoms with E-state index in [1.807, 2.05) is 18.2 Å². The van der Waals surface area contributed by atoms with Gasteiger partial charge in [-0.1, -0.05) is 17.7 Å². The molecule has 0 aliphatic heterocycles. The van der Waals surface area contributed by atoms with Gasteiger partial charge in [0.05, 0.1) is 31.6 Å². The number of nitrogens with zero attached hydrogens (tertiary/aromatic N) is 1. The average Bonchev–Trinajstić information content (AvgIpc) is 2.70. The Morgan fingerprint density at radius 3 is 2.47 bits per heavy atom. The highest BCUT2D eigenvalue weighted by Gasteiger charge is 2.11. The molecule has 0 bridgehead atoms. The molecule has 0 saturated heterocycles. The van der Waals surface area contributed by atoms with E-state index in [2.05, 4.69) is 24.4 Å². The third kappa shape index (κ3) is 7.57. The monoisotopic (exact) mass is 434 g/mol. The number of amides is 1. The lowest BCUT2D eigenvalue weighted by Crippen LogP contribution is -2.13. The fourth-order valence-electron chi connectivity index (χ4n) is 2.48. The maximum absolute atomic E-state index is 10.9. The number of carbonyl (C=O) groups excluding carboxylic acids is 1. The summed E-state index contributed by atoms with van der Waals surface area (Å²) in [6, 6.07) is 9.38. The molecule has 0 aromatic heterocycles. The van der Waals surface area contributed by atoms with Gasteiger partial charge in [-0.05, 0) is 54.8 Å². The normalized spacial score (nSPS) is 10.8. The summed E-state index contributed by atoms with van der Waals surface area (Å²) in [6.07, 6.45) is 1.47. The van der Waals surface area contributed by atoms with Crippen molar-refractivity contribution in [2.75, 3.05) is 33.5 Å². The van der Waals surface area contributed by atoms with E-state index in [0.29, 0.717) is 48.5 Å². The van der Waals surface area contributed by atoms with Gasteiger partial charge in [0.1, 0.15) is 19.0 Å². The zero-order chi connectivity index (χ0) is 21.9.